The molecule has 4 heterocycles. The van der Waals surface area contributed by atoms with E-state index in [1.165, 1.54) is 4.68 Å². The summed E-state index contributed by atoms with van der Waals surface area (Å²) in [6.45, 7) is 3.49. The number of halogens is 4. The van der Waals surface area contributed by atoms with E-state index in [0.29, 0.717) is 20.0 Å². The largest absolute Gasteiger partial charge is 0.348 e. The molecule has 2 aromatic heterocycles. The first-order valence-corrected chi connectivity index (χ1v) is 13.3. The Morgan fingerprint density at radius 2 is 1.89 bits per heavy atom. The minimum atomic E-state index is -1.11. The van der Waals surface area contributed by atoms with E-state index in [-0.39, 0.29) is 24.9 Å². The van der Waals surface area contributed by atoms with Crippen molar-refractivity contribution in [3.63, 3.8) is 0 Å². The van der Waals surface area contributed by atoms with Crippen LogP contribution in [-0.4, -0.2) is 52.7 Å². The molecule has 0 N–H and O–H groups in total. The number of rotatable bonds is 6. The summed E-state index contributed by atoms with van der Waals surface area (Å²) < 4.78 is 36.5. The third-order valence-corrected chi connectivity index (χ3v) is 7.70. The Morgan fingerprint density at radius 1 is 1.14 bits per heavy atom. The molecule has 1 aromatic carbocycles. The van der Waals surface area contributed by atoms with Gasteiger partial charge in [0, 0.05) is 4.43 Å². The van der Waals surface area contributed by atoms with Gasteiger partial charge in [-0.1, -0.05) is 63.1 Å². The highest BCUT2D eigenvalue weighted by molar-refractivity contribution is 14.1. The molecule has 4 atom stereocenters. The quantitative estimate of drug-likeness (QED) is 0.298. The number of ether oxygens (including phenoxy) is 3. The molecule has 0 saturated carbocycles. The van der Waals surface area contributed by atoms with E-state index >= 15 is 0 Å². The van der Waals surface area contributed by atoms with Gasteiger partial charge in [0.15, 0.2) is 12.0 Å². The summed E-state index contributed by atoms with van der Waals surface area (Å²) >= 11 is 14.5. The van der Waals surface area contributed by atoms with E-state index in [1.807, 2.05) is 0 Å². The Bertz CT molecular complexity index is 1430. The summed E-state index contributed by atoms with van der Waals surface area (Å²) in [6.07, 6.45) is -0.0164. The molecule has 2 aliphatic rings. The van der Waals surface area contributed by atoms with E-state index in [2.05, 4.69) is 32.9 Å². The third-order valence-electron chi connectivity index (χ3n) is 5.98. The van der Waals surface area contributed by atoms with Gasteiger partial charge in [-0.05, 0) is 25.5 Å². The summed E-state index contributed by atoms with van der Waals surface area (Å²) in [5.74, 6) is -1.99. The highest BCUT2D eigenvalue weighted by atomic mass is 127. The van der Waals surface area contributed by atoms with Crippen LogP contribution in [0.4, 0.5) is 4.39 Å². The molecule has 2 saturated heterocycles. The number of hydrogen-bond acceptors (Lipinski definition) is 7. The van der Waals surface area contributed by atoms with Gasteiger partial charge in [-0.2, -0.15) is 4.39 Å². The Kier molecular flexibility index (Phi) is 7.02. The van der Waals surface area contributed by atoms with Crippen molar-refractivity contribution in [3.8, 4) is 0 Å². The summed E-state index contributed by atoms with van der Waals surface area (Å²) in [5, 5.41) is 8.85. The maximum Gasteiger partial charge on any atom is 0.333 e. The van der Waals surface area contributed by atoms with Crippen LogP contribution in [0.2, 0.25) is 10.0 Å². The van der Waals surface area contributed by atoms with Gasteiger partial charge in [-0.25, -0.2) is 9.48 Å². The van der Waals surface area contributed by atoms with E-state index in [0.717, 1.165) is 15.3 Å². The van der Waals surface area contributed by atoms with Crippen molar-refractivity contribution >= 4 is 45.8 Å². The van der Waals surface area contributed by atoms with Crippen LogP contribution >= 0.6 is 45.8 Å². The van der Waals surface area contributed by atoms with Crippen LogP contribution in [-0.2, 0) is 27.3 Å². The molecular weight excluding hydrogens is 631 g/mol. The molecule has 4 unspecified atom stereocenters. The van der Waals surface area contributed by atoms with Crippen LogP contribution in [0.3, 0.4) is 0 Å². The van der Waals surface area contributed by atoms with Gasteiger partial charge in [-0.15, -0.1) is 5.10 Å². The second kappa shape index (κ2) is 9.80. The average Bonchev–Trinajstić information content (AvgIpc) is 3.49. The molecule has 10 nitrogen and oxygen atoms in total. The average molecular weight is 652 g/mol. The number of alkyl halides is 1. The Labute approximate surface area is 228 Å². The fourth-order valence-corrected chi connectivity index (χ4v) is 5.50. The molecule has 192 valence electrons. The van der Waals surface area contributed by atoms with E-state index in [4.69, 9.17) is 37.4 Å². The van der Waals surface area contributed by atoms with E-state index < -0.39 is 41.3 Å². The monoisotopic (exact) mass is 651 g/mol. The van der Waals surface area contributed by atoms with Gasteiger partial charge >= 0.3 is 5.69 Å². The van der Waals surface area contributed by atoms with Crippen molar-refractivity contribution in [3.05, 3.63) is 78.6 Å². The molecule has 2 fully saturated rings. The Morgan fingerprint density at radius 3 is 2.64 bits per heavy atom. The highest BCUT2D eigenvalue weighted by Gasteiger charge is 2.55. The molecule has 0 bridgehead atoms. The standard InChI is InChI=1S/C22H21Cl2FIN5O5/c1-22(2)35-17-15(6-26)34-20(18(17)36-22)31-10-14(25)19(32)30(21(31)33)9-12-8-29(28-27-12)7-11-4-3-5-13(23)16(11)24/h3-5,8,10,15,17-18,20H,6-7,9H2,1-2H3. The second-order valence-electron chi connectivity index (χ2n) is 8.96. The van der Waals surface area contributed by atoms with Crippen molar-refractivity contribution < 1.29 is 18.6 Å². The van der Waals surface area contributed by atoms with Crippen LogP contribution in [0.5, 0.6) is 0 Å². The van der Waals surface area contributed by atoms with Gasteiger partial charge in [0.05, 0.1) is 41.6 Å². The molecule has 2 aliphatic heterocycles. The zero-order valence-corrected chi connectivity index (χ0v) is 22.8. The van der Waals surface area contributed by atoms with Crippen molar-refractivity contribution in [2.45, 2.75) is 57.3 Å². The number of hydrogen-bond donors (Lipinski definition) is 0. The second-order valence-corrected chi connectivity index (χ2v) is 10.6. The zero-order valence-electron chi connectivity index (χ0n) is 19.1. The number of benzene rings is 1. The van der Waals surface area contributed by atoms with Gasteiger partial charge in [0.1, 0.15) is 17.9 Å². The molecule has 0 amide bonds. The predicted molar refractivity (Wildman–Crippen MR) is 136 cm³/mol. The Hall–Kier alpha value is -1.84. The summed E-state index contributed by atoms with van der Waals surface area (Å²) in [7, 11) is 0. The first kappa shape index (κ1) is 25.8. The molecule has 3 aromatic rings. The normalized spacial score (nSPS) is 24.8. The lowest BCUT2D eigenvalue weighted by Crippen LogP contribution is -2.45. The minimum absolute atomic E-state index is 0.262. The lowest BCUT2D eigenvalue weighted by Gasteiger charge is -2.24. The van der Waals surface area contributed by atoms with Crippen molar-refractivity contribution in [2.24, 2.45) is 0 Å². The van der Waals surface area contributed by atoms with Crippen LogP contribution in [0.1, 0.15) is 31.3 Å². The molecule has 0 radical (unpaired) electrons. The molecular formula is C22H21Cl2FIN5O5. The summed E-state index contributed by atoms with van der Waals surface area (Å²) in [6, 6.07) is 5.22. The third kappa shape index (κ3) is 4.74. The predicted octanol–water partition coefficient (Wildman–Crippen LogP) is 3.00. The van der Waals surface area contributed by atoms with Gasteiger partial charge in [-0.3, -0.25) is 13.9 Å². The SMILES string of the molecule is CC1(C)OC2C(CI)OC(n3cc(F)c(=O)n(Cc4cn(Cc5cccc(Cl)c5Cl)nn4)c3=O)C2O1. The zero-order chi connectivity index (χ0) is 25.8. The molecule has 36 heavy (non-hydrogen) atoms. The smallest absolute Gasteiger partial charge is 0.333 e. The molecule has 0 spiro atoms. The fourth-order valence-electron chi connectivity index (χ4n) is 4.41. The molecule has 14 heteroatoms. The van der Waals surface area contributed by atoms with Gasteiger partial charge < -0.3 is 14.2 Å². The molecule has 0 aliphatic carbocycles. The summed E-state index contributed by atoms with van der Waals surface area (Å²) in [4.78, 5) is 25.9. The number of aromatic nitrogens is 5. The van der Waals surface area contributed by atoms with E-state index in [9.17, 15) is 14.0 Å². The van der Waals surface area contributed by atoms with Crippen molar-refractivity contribution in [2.75, 3.05) is 4.43 Å². The molecule has 5 rings (SSSR count). The topological polar surface area (TPSA) is 102 Å². The first-order valence-electron chi connectivity index (χ1n) is 11.0. The van der Waals surface area contributed by atoms with Crippen LogP contribution < -0.4 is 11.2 Å². The maximum atomic E-state index is 14.7. The van der Waals surface area contributed by atoms with Crippen molar-refractivity contribution in [1.29, 1.82) is 0 Å². The van der Waals surface area contributed by atoms with Gasteiger partial charge in [0.2, 0.25) is 5.82 Å². The van der Waals surface area contributed by atoms with Crippen LogP contribution in [0.25, 0.3) is 0 Å². The van der Waals surface area contributed by atoms with Gasteiger partial charge in [0.25, 0.3) is 5.56 Å². The lowest BCUT2D eigenvalue weighted by molar-refractivity contribution is -0.194. The highest BCUT2D eigenvalue weighted by Crippen LogP contribution is 2.43. The first-order chi connectivity index (χ1) is 17.1. The lowest BCUT2D eigenvalue weighted by atomic mass is 10.1. The van der Waals surface area contributed by atoms with Crippen LogP contribution in [0, 0.1) is 5.82 Å². The fraction of sp³-hybridized carbons (Fsp3) is 0.455. The van der Waals surface area contributed by atoms with E-state index in [1.54, 1.807) is 38.2 Å². The Balaban J connectivity index is 1.44. The number of nitrogens with zero attached hydrogens (tertiary/aromatic N) is 5. The number of fused-ring (bicyclic) bond motifs is 1. The van der Waals surface area contributed by atoms with Crippen molar-refractivity contribution in [1.82, 2.24) is 24.1 Å². The minimum Gasteiger partial charge on any atom is -0.348 e. The maximum absolute atomic E-state index is 14.7. The van der Waals surface area contributed by atoms with Crippen LogP contribution in [0.15, 0.2) is 40.2 Å². The summed E-state index contributed by atoms with van der Waals surface area (Å²) in [5.41, 5.74) is -0.848.